The lowest BCUT2D eigenvalue weighted by Gasteiger charge is -2.25. The first kappa shape index (κ1) is 18.8. The topological polar surface area (TPSA) is 34.9 Å². The van der Waals surface area contributed by atoms with Crippen LogP contribution >= 0.6 is 0 Å². The molecule has 3 nitrogen and oxygen atoms in total. The number of aromatic nitrogens is 2. The molecule has 1 heterocycles. The third-order valence-electron chi connectivity index (χ3n) is 6.47. The summed E-state index contributed by atoms with van der Waals surface area (Å²) in [5.74, 6) is 0.163. The zero-order valence-electron chi connectivity index (χ0n) is 17.8. The lowest BCUT2D eigenvalue weighted by Crippen LogP contribution is -2.16. The van der Waals surface area contributed by atoms with Crippen molar-refractivity contribution in [2.75, 3.05) is 0 Å². The molecule has 6 rings (SSSR count). The monoisotopic (exact) mass is 414 g/mol. The summed E-state index contributed by atoms with van der Waals surface area (Å²) in [6.45, 7) is 2.09. The molecule has 1 aliphatic carbocycles. The summed E-state index contributed by atoms with van der Waals surface area (Å²) < 4.78 is 1.94. The molecule has 0 amide bonds. The zero-order chi connectivity index (χ0) is 21.7. The van der Waals surface area contributed by atoms with Crippen LogP contribution in [0.15, 0.2) is 97.2 Å². The van der Waals surface area contributed by atoms with E-state index in [-0.39, 0.29) is 11.7 Å². The van der Waals surface area contributed by atoms with Gasteiger partial charge in [0.1, 0.15) is 0 Å². The second kappa shape index (κ2) is 7.31. The lowest BCUT2D eigenvalue weighted by molar-refractivity contribution is 0.0976. The first-order valence-electron chi connectivity index (χ1n) is 11.0. The van der Waals surface area contributed by atoms with E-state index in [1.54, 1.807) is 0 Å². The highest BCUT2D eigenvalue weighted by atomic mass is 16.1. The van der Waals surface area contributed by atoms with Gasteiger partial charge in [-0.15, -0.1) is 0 Å². The average molecular weight is 415 g/mol. The number of benzene rings is 4. The van der Waals surface area contributed by atoms with Gasteiger partial charge in [-0.25, -0.2) is 4.68 Å². The fraction of sp³-hybridized carbons (Fsp3) is 0.103. The van der Waals surface area contributed by atoms with E-state index in [2.05, 4.69) is 73.8 Å². The predicted molar refractivity (Wildman–Crippen MR) is 128 cm³/mol. The molecular weight excluding hydrogens is 392 g/mol. The molecule has 32 heavy (non-hydrogen) atoms. The first-order valence-corrected chi connectivity index (χ1v) is 11.0. The Hall–Kier alpha value is -3.98. The third-order valence-corrected chi connectivity index (χ3v) is 6.47. The Morgan fingerprint density at radius 3 is 2.34 bits per heavy atom. The number of Topliss-reactive ketones (excluding diaryl/α,β-unsaturated/α-hetero) is 1. The predicted octanol–water partition coefficient (Wildman–Crippen LogP) is 6.72. The Balaban J connectivity index is 1.60. The van der Waals surface area contributed by atoms with Crippen LogP contribution in [0.3, 0.4) is 0 Å². The van der Waals surface area contributed by atoms with Crippen LogP contribution in [0.25, 0.3) is 27.7 Å². The summed E-state index contributed by atoms with van der Waals surface area (Å²) >= 11 is 0. The Kier molecular flexibility index (Phi) is 4.29. The molecule has 4 aromatic carbocycles. The van der Waals surface area contributed by atoms with E-state index < -0.39 is 0 Å². The van der Waals surface area contributed by atoms with Crippen LogP contribution in [0.2, 0.25) is 0 Å². The Morgan fingerprint density at radius 1 is 0.812 bits per heavy atom. The summed E-state index contributed by atoms with van der Waals surface area (Å²) in [6, 6.07) is 31.0. The van der Waals surface area contributed by atoms with E-state index in [1.807, 2.05) is 35.0 Å². The van der Waals surface area contributed by atoms with Crippen LogP contribution < -0.4 is 0 Å². The molecule has 0 N–H and O–H groups in total. The number of ketones is 1. The zero-order valence-corrected chi connectivity index (χ0v) is 17.8. The number of hydrogen-bond donors (Lipinski definition) is 0. The van der Waals surface area contributed by atoms with Gasteiger partial charge < -0.3 is 0 Å². The van der Waals surface area contributed by atoms with Crippen molar-refractivity contribution in [3.05, 3.63) is 119 Å². The molecule has 0 saturated heterocycles. The van der Waals surface area contributed by atoms with Crippen molar-refractivity contribution in [2.24, 2.45) is 0 Å². The highest BCUT2D eigenvalue weighted by Crippen LogP contribution is 2.43. The van der Waals surface area contributed by atoms with E-state index >= 15 is 0 Å². The minimum Gasteiger partial charge on any atom is -0.294 e. The van der Waals surface area contributed by atoms with Gasteiger partial charge in [-0.3, -0.25) is 4.79 Å². The van der Waals surface area contributed by atoms with Crippen molar-refractivity contribution >= 4 is 16.6 Å². The van der Waals surface area contributed by atoms with Crippen molar-refractivity contribution in [3.8, 4) is 16.9 Å². The van der Waals surface area contributed by atoms with E-state index in [9.17, 15) is 4.79 Å². The third kappa shape index (κ3) is 2.97. The number of para-hydroxylation sites is 1. The fourth-order valence-electron chi connectivity index (χ4n) is 4.87. The highest BCUT2D eigenvalue weighted by Gasteiger charge is 2.31. The molecule has 0 spiro atoms. The number of carbonyl (C=O) groups excluding carboxylic acids is 1. The molecule has 0 aliphatic heterocycles. The standard InChI is InChI=1S/C29H22N2O/c1-19-13-15-21(16-14-19)29-26(18-31(30-29)22-9-3-2-4-10-22)25-17-27(32)24-12-6-8-20-7-5-11-23(25)28(20)24/h2-16,18,25H,17H2,1H3/t25-/m0/s1. The maximum absolute atomic E-state index is 13.2. The van der Waals surface area contributed by atoms with Crippen LogP contribution in [-0.2, 0) is 0 Å². The number of aryl methyl sites for hydroxylation is 1. The maximum Gasteiger partial charge on any atom is 0.164 e. The van der Waals surface area contributed by atoms with Gasteiger partial charge in [0.2, 0.25) is 0 Å². The van der Waals surface area contributed by atoms with Gasteiger partial charge in [-0.05, 0) is 35.4 Å². The quantitative estimate of drug-likeness (QED) is 0.328. The number of carbonyl (C=O) groups is 1. The first-order chi connectivity index (χ1) is 15.7. The second-order valence-electron chi connectivity index (χ2n) is 8.51. The summed E-state index contributed by atoms with van der Waals surface area (Å²) in [7, 11) is 0. The number of hydrogen-bond acceptors (Lipinski definition) is 2. The fourth-order valence-corrected chi connectivity index (χ4v) is 4.87. The van der Waals surface area contributed by atoms with Crippen molar-refractivity contribution in [1.82, 2.24) is 9.78 Å². The molecule has 1 atom stereocenters. The van der Waals surface area contributed by atoms with Crippen molar-refractivity contribution < 1.29 is 4.79 Å². The number of nitrogens with zero attached hydrogens (tertiary/aromatic N) is 2. The van der Waals surface area contributed by atoms with Gasteiger partial charge in [0.15, 0.2) is 5.78 Å². The molecule has 0 radical (unpaired) electrons. The molecule has 0 bridgehead atoms. The van der Waals surface area contributed by atoms with E-state index in [0.29, 0.717) is 6.42 Å². The van der Waals surface area contributed by atoms with Gasteiger partial charge in [-0.1, -0.05) is 84.4 Å². The molecule has 0 unspecified atom stereocenters. The molecule has 0 fully saturated rings. The van der Waals surface area contributed by atoms with Crippen LogP contribution in [0, 0.1) is 6.92 Å². The van der Waals surface area contributed by atoms with Crippen LogP contribution in [0.5, 0.6) is 0 Å². The molecule has 0 saturated carbocycles. The number of rotatable bonds is 3. The van der Waals surface area contributed by atoms with Crippen molar-refractivity contribution in [2.45, 2.75) is 19.3 Å². The lowest BCUT2D eigenvalue weighted by atomic mass is 9.77. The highest BCUT2D eigenvalue weighted by molar-refractivity contribution is 6.12. The minimum atomic E-state index is -0.0325. The van der Waals surface area contributed by atoms with E-state index in [4.69, 9.17) is 5.10 Å². The molecule has 3 heteroatoms. The van der Waals surface area contributed by atoms with Gasteiger partial charge in [0.05, 0.1) is 11.4 Å². The van der Waals surface area contributed by atoms with E-state index in [1.165, 1.54) is 11.1 Å². The molecule has 1 aliphatic rings. The minimum absolute atomic E-state index is 0.0325. The normalized spacial score (nSPS) is 15.3. The largest absolute Gasteiger partial charge is 0.294 e. The van der Waals surface area contributed by atoms with Crippen LogP contribution in [-0.4, -0.2) is 15.6 Å². The summed E-state index contributed by atoms with van der Waals surface area (Å²) in [5.41, 5.74) is 7.35. The molecule has 5 aromatic rings. The maximum atomic E-state index is 13.2. The van der Waals surface area contributed by atoms with Gasteiger partial charge in [0, 0.05) is 35.2 Å². The Morgan fingerprint density at radius 2 is 1.56 bits per heavy atom. The van der Waals surface area contributed by atoms with Gasteiger partial charge in [-0.2, -0.15) is 5.10 Å². The summed E-state index contributed by atoms with van der Waals surface area (Å²) in [6.07, 6.45) is 2.56. The van der Waals surface area contributed by atoms with Gasteiger partial charge in [0.25, 0.3) is 0 Å². The SMILES string of the molecule is Cc1ccc(-c2nn(-c3ccccc3)cc2[C@H]2CC(=O)c3cccc4cccc2c34)cc1. The average Bonchev–Trinajstić information content (AvgIpc) is 3.28. The second-order valence-corrected chi connectivity index (χ2v) is 8.51. The smallest absolute Gasteiger partial charge is 0.164 e. The van der Waals surface area contributed by atoms with Crippen LogP contribution in [0.1, 0.15) is 39.4 Å². The van der Waals surface area contributed by atoms with E-state index in [0.717, 1.165) is 38.8 Å². The molecular formula is C29H22N2O. The van der Waals surface area contributed by atoms with Crippen molar-refractivity contribution in [3.63, 3.8) is 0 Å². The van der Waals surface area contributed by atoms with Gasteiger partial charge >= 0.3 is 0 Å². The molecule has 154 valence electrons. The van der Waals surface area contributed by atoms with Crippen LogP contribution in [0.4, 0.5) is 0 Å². The molecule has 1 aromatic heterocycles. The Labute approximate surface area is 187 Å². The summed E-state index contributed by atoms with van der Waals surface area (Å²) in [5, 5.41) is 7.20. The Bertz CT molecular complexity index is 1460. The van der Waals surface area contributed by atoms with Crippen molar-refractivity contribution in [1.29, 1.82) is 0 Å². The summed E-state index contributed by atoms with van der Waals surface area (Å²) in [4.78, 5) is 13.2.